The maximum atomic E-state index is 12.5. The lowest BCUT2D eigenvalue weighted by molar-refractivity contribution is 0.466. The van der Waals surface area contributed by atoms with Crippen molar-refractivity contribution in [1.29, 1.82) is 0 Å². The molecule has 2 N–H and O–H groups in total. The zero-order valence-corrected chi connectivity index (χ0v) is 11.9. The molecule has 0 bridgehead atoms. The number of aromatic amines is 1. The van der Waals surface area contributed by atoms with Crippen LogP contribution < -0.4 is 5.32 Å². The van der Waals surface area contributed by atoms with Crippen LogP contribution in [0.25, 0.3) is 0 Å². The first-order chi connectivity index (χ1) is 9.57. The molecule has 0 radical (unpaired) electrons. The molecule has 7 heteroatoms. The standard InChI is InChI=1S/C13H16N4O2S/c1-17(9-10-5-15-16-6-10)20(18,19)13-3-2-11-7-14-8-12(11)4-13/h2-6,14H,7-9H2,1H3,(H,15,16). The number of sulfonamides is 1. The zero-order chi connectivity index (χ0) is 14.2. The fraction of sp³-hybridized carbons (Fsp3) is 0.308. The molecule has 20 heavy (non-hydrogen) atoms. The van der Waals surface area contributed by atoms with Gasteiger partial charge in [0.1, 0.15) is 0 Å². The lowest BCUT2D eigenvalue weighted by Crippen LogP contribution is -2.26. The van der Waals surface area contributed by atoms with Gasteiger partial charge in [-0.05, 0) is 23.3 Å². The number of aromatic nitrogens is 2. The van der Waals surface area contributed by atoms with Crippen LogP contribution in [0.15, 0.2) is 35.5 Å². The predicted octanol–water partition coefficient (Wildman–Crippen LogP) is 0.834. The number of benzene rings is 1. The third kappa shape index (κ3) is 2.35. The molecule has 1 aromatic carbocycles. The van der Waals surface area contributed by atoms with Gasteiger partial charge in [0, 0.05) is 38.4 Å². The van der Waals surface area contributed by atoms with Gasteiger partial charge in [-0.25, -0.2) is 8.42 Å². The van der Waals surface area contributed by atoms with Crippen LogP contribution in [0, 0.1) is 0 Å². The largest absolute Gasteiger partial charge is 0.309 e. The van der Waals surface area contributed by atoms with E-state index in [0.29, 0.717) is 11.4 Å². The third-order valence-electron chi connectivity index (χ3n) is 3.48. The molecule has 1 aliphatic heterocycles. The van der Waals surface area contributed by atoms with Crippen molar-refractivity contribution in [2.75, 3.05) is 7.05 Å². The molecule has 0 saturated carbocycles. The van der Waals surface area contributed by atoms with Crippen molar-refractivity contribution in [2.24, 2.45) is 0 Å². The minimum atomic E-state index is -3.47. The van der Waals surface area contributed by atoms with Gasteiger partial charge in [-0.2, -0.15) is 9.40 Å². The number of hydrogen-bond acceptors (Lipinski definition) is 4. The lowest BCUT2D eigenvalue weighted by Gasteiger charge is -2.17. The molecule has 1 aliphatic rings. The average Bonchev–Trinajstić information content (AvgIpc) is 3.07. The first kappa shape index (κ1) is 13.3. The number of rotatable bonds is 4. The minimum absolute atomic E-state index is 0.300. The third-order valence-corrected chi connectivity index (χ3v) is 5.28. The second-order valence-corrected chi connectivity index (χ2v) is 6.95. The van der Waals surface area contributed by atoms with Gasteiger partial charge in [0.05, 0.1) is 11.1 Å². The van der Waals surface area contributed by atoms with Crippen LogP contribution in [-0.2, 0) is 29.7 Å². The van der Waals surface area contributed by atoms with Crippen LogP contribution in [0.5, 0.6) is 0 Å². The number of nitrogens with zero attached hydrogens (tertiary/aromatic N) is 2. The van der Waals surface area contributed by atoms with Gasteiger partial charge in [0.25, 0.3) is 0 Å². The van der Waals surface area contributed by atoms with Gasteiger partial charge in [-0.1, -0.05) is 6.07 Å². The van der Waals surface area contributed by atoms with Crippen molar-refractivity contribution in [1.82, 2.24) is 19.8 Å². The summed E-state index contributed by atoms with van der Waals surface area (Å²) >= 11 is 0. The summed E-state index contributed by atoms with van der Waals surface area (Å²) in [7, 11) is -1.90. The van der Waals surface area contributed by atoms with E-state index < -0.39 is 10.0 Å². The van der Waals surface area contributed by atoms with Crippen molar-refractivity contribution in [3.8, 4) is 0 Å². The number of H-pyrrole nitrogens is 1. The fourth-order valence-corrected chi connectivity index (χ4v) is 3.53. The number of fused-ring (bicyclic) bond motifs is 1. The van der Waals surface area contributed by atoms with Gasteiger partial charge in [0.2, 0.25) is 10.0 Å². The Balaban J connectivity index is 1.87. The highest BCUT2D eigenvalue weighted by atomic mass is 32.2. The number of nitrogens with one attached hydrogen (secondary N) is 2. The van der Waals surface area contributed by atoms with Crippen LogP contribution in [-0.4, -0.2) is 30.0 Å². The predicted molar refractivity (Wildman–Crippen MR) is 74.2 cm³/mol. The van der Waals surface area contributed by atoms with Crippen LogP contribution in [0.3, 0.4) is 0 Å². The maximum Gasteiger partial charge on any atom is 0.243 e. The molecule has 0 fully saturated rings. The summed E-state index contributed by atoms with van der Waals surface area (Å²) in [5, 5.41) is 9.71. The quantitative estimate of drug-likeness (QED) is 0.875. The van der Waals surface area contributed by atoms with Gasteiger partial charge < -0.3 is 5.32 Å². The van der Waals surface area contributed by atoms with Gasteiger partial charge in [-0.15, -0.1) is 0 Å². The van der Waals surface area contributed by atoms with Gasteiger partial charge in [-0.3, -0.25) is 5.10 Å². The van der Waals surface area contributed by atoms with E-state index in [0.717, 1.165) is 24.2 Å². The Hall–Kier alpha value is -1.70. The molecule has 0 atom stereocenters. The highest BCUT2D eigenvalue weighted by molar-refractivity contribution is 7.89. The van der Waals surface area contributed by atoms with E-state index in [4.69, 9.17) is 0 Å². The van der Waals surface area contributed by atoms with E-state index in [1.165, 1.54) is 9.87 Å². The topological polar surface area (TPSA) is 78.1 Å². The van der Waals surface area contributed by atoms with Crippen molar-refractivity contribution in [2.45, 2.75) is 24.5 Å². The van der Waals surface area contributed by atoms with Gasteiger partial charge >= 0.3 is 0 Å². The lowest BCUT2D eigenvalue weighted by atomic mass is 10.1. The summed E-state index contributed by atoms with van der Waals surface area (Å²) in [6, 6.07) is 5.32. The molecule has 3 rings (SSSR count). The monoisotopic (exact) mass is 292 g/mol. The molecule has 0 aliphatic carbocycles. The van der Waals surface area contributed by atoms with Crippen molar-refractivity contribution in [3.63, 3.8) is 0 Å². The van der Waals surface area contributed by atoms with Crippen LogP contribution >= 0.6 is 0 Å². The molecule has 0 unspecified atom stereocenters. The van der Waals surface area contributed by atoms with Crippen LogP contribution in [0.2, 0.25) is 0 Å². The van der Waals surface area contributed by atoms with E-state index in [-0.39, 0.29) is 0 Å². The SMILES string of the molecule is CN(Cc1cn[nH]c1)S(=O)(=O)c1ccc2c(c1)CNC2. The summed E-state index contributed by atoms with van der Waals surface area (Å²) in [6.07, 6.45) is 3.32. The molecule has 106 valence electrons. The molecular formula is C13H16N4O2S. The molecule has 1 aromatic heterocycles. The van der Waals surface area contributed by atoms with Crippen molar-refractivity contribution >= 4 is 10.0 Å². The summed E-state index contributed by atoms with van der Waals surface area (Å²) in [4.78, 5) is 0.339. The zero-order valence-electron chi connectivity index (χ0n) is 11.1. The number of hydrogen-bond donors (Lipinski definition) is 2. The van der Waals surface area contributed by atoms with E-state index >= 15 is 0 Å². The van der Waals surface area contributed by atoms with E-state index in [2.05, 4.69) is 15.5 Å². The van der Waals surface area contributed by atoms with Crippen LogP contribution in [0.1, 0.15) is 16.7 Å². The smallest absolute Gasteiger partial charge is 0.243 e. The summed E-state index contributed by atoms with van der Waals surface area (Å²) in [5.74, 6) is 0. The van der Waals surface area contributed by atoms with Gasteiger partial charge in [0.15, 0.2) is 0 Å². The first-order valence-electron chi connectivity index (χ1n) is 6.34. The molecule has 2 aromatic rings. The maximum absolute atomic E-state index is 12.5. The fourth-order valence-electron chi connectivity index (χ4n) is 2.32. The van der Waals surface area contributed by atoms with E-state index in [1.54, 1.807) is 31.6 Å². The first-order valence-corrected chi connectivity index (χ1v) is 7.78. The molecule has 0 spiro atoms. The minimum Gasteiger partial charge on any atom is -0.309 e. The summed E-state index contributed by atoms with van der Waals surface area (Å²) in [5.41, 5.74) is 3.06. The Morgan fingerprint density at radius 1 is 1.30 bits per heavy atom. The van der Waals surface area contributed by atoms with E-state index in [9.17, 15) is 8.42 Å². The Kier molecular flexibility index (Phi) is 3.33. The second-order valence-electron chi connectivity index (χ2n) is 4.90. The average molecular weight is 292 g/mol. The Morgan fingerprint density at radius 3 is 2.85 bits per heavy atom. The molecule has 6 nitrogen and oxygen atoms in total. The Morgan fingerprint density at radius 2 is 2.10 bits per heavy atom. The second kappa shape index (κ2) is 5.01. The molecule has 2 heterocycles. The molecule has 0 saturated heterocycles. The highest BCUT2D eigenvalue weighted by Gasteiger charge is 2.23. The molecule has 0 amide bonds. The normalized spacial score (nSPS) is 14.7. The Bertz CT molecular complexity index is 710. The van der Waals surface area contributed by atoms with Crippen LogP contribution in [0.4, 0.5) is 0 Å². The highest BCUT2D eigenvalue weighted by Crippen LogP contribution is 2.22. The summed E-state index contributed by atoms with van der Waals surface area (Å²) < 4.78 is 26.4. The molecular weight excluding hydrogens is 276 g/mol. The summed E-state index contributed by atoms with van der Waals surface area (Å²) in [6.45, 7) is 1.83. The van der Waals surface area contributed by atoms with E-state index in [1.807, 2.05) is 6.07 Å². The van der Waals surface area contributed by atoms with Crippen molar-refractivity contribution < 1.29 is 8.42 Å². The Labute approximate surface area is 117 Å². The van der Waals surface area contributed by atoms with Crippen molar-refractivity contribution in [3.05, 3.63) is 47.3 Å².